The molecule has 2 aromatic heterocycles. The second-order valence-electron chi connectivity index (χ2n) is 4.73. The van der Waals surface area contributed by atoms with Crippen LogP contribution in [0.4, 0.5) is 0 Å². The van der Waals surface area contributed by atoms with Gasteiger partial charge in [-0.3, -0.25) is 10.1 Å². The molecular formula is C13H17N3O3S. The summed E-state index contributed by atoms with van der Waals surface area (Å²) in [7, 11) is 0. The average molecular weight is 295 g/mol. The number of aromatic nitrogens is 2. The Kier molecular flexibility index (Phi) is 4.51. The highest BCUT2D eigenvalue weighted by Gasteiger charge is 2.31. The van der Waals surface area contributed by atoms with Crippen LogP contribution in [-0.2, 0) is 11.3 Å². The van der Waals surface area contributed by atoms with E-state index in [-0.39, 0.29) is 6.54 Å². The molecule has 0 aliphatic carbocycles. The minimum absolute atomic E-state index is 0.262. The van der Waals surface area contributed by atoms with Crippen LogP contribution in [0.5, 0.6) is 0 Å². The summed E-state index contributed by atoms with van der Waals surface area (Å²) in [6, 6.07) is 3.80. The Morgan fingerprint density at radius 2 is 2.40 bits per heavy atom. The average Bonchev–Trinajstić information content (AvgIpc) is 3.07. The van der Waals surface area contributed by atoms with Gasteiger partial charge in [-0.2, -0.15) is 4.98 Å². The largest absolute Gasteiger partial charge is 0.480 e. The lowest BCUT2D eigenvalue weighted by molar-refractivity contribution is -0.144. The normalized spacial score (nSPS) is 14.1. The van der Waals surface area contributed by atoms with Gasteiger partial charge in [0, 0.05) is 0 Å². The van der Waals surface area contributed by atoms with E-state index >= 15 is 0 Å². The van der Waals surface area contributed by atoms with Crippen LogP contribution in [0.3, 0.4) is 0 Å². The van der Waals surface area contributed by atoms with E-state index in [0.29, 0.717) is 18.1 Å². The van der Waals surface area contributed by atoms with Crippen molar-refractivity contribution in [2.75, 3.05) is 0 Å². The number of aliphatic carboxylic acids is 1. The van der Waals surface area contributed by atoms with E-state index in [9.17, 15) is 9.90 Å². The maximum absolute atomic E-state index is 11.3. The predicted molar refractivity (Wildman–Crippen MR) is 75.4 cm³/mol. The number of nitrogens with one attached hydrogen (secondary N) is 1. The molecule has 108 valence electrons. The molecule has 2 heterocycles. The molecule has 0 saturated carbocycles. The third kappa shape index (κ3) is 3.23. The Balaban J connectivity index is 2.02. The molecule has 6 nitrogen and oxygen atoms in total. The van der Waals surface area contributed by atoms with Gasteiger partial charge in [0.1, 0.15) is 5.54 Å². The Morgan fingerprint density at radius 3 is 3.00 bits per heavy atom. The SMILES string of the molecule is CCCC(C)(NCc1noc(-c2cccs2)n1)C(=O)O. The van der Waals surface area contributed by atoms with Gasteiger partial charge < -0.3 is 9.63 Å². The van der Waals surface area contributed by atoms with Crippen molar-refractivity contribution >= 4 is 17.3 Å². The molecule has 0 saturated heterocycles. The fourth-order valence-corrected chi connectivity index (χ4v) is 2.52. The molecule has 1 atom stereocenters. The summed E-state index contributed by atoms with van der Waals surface area (Å²) < 4.78 is 5.16. The lowest BCUT2D eigenvalue weighted by atomic mass is 9.96. The molecule has 0 radical (unpaired) electrons. The van der Waals surface area contributed by atoms with Crippen LogP contribution >= 0.6 is 11.3 Å². The standard InChI is InChI=1S/C13H17N3O3S/c1-3-6-13(2,12(17)18)14-8-10-15-11(19-16-10)9-5-4-7-20-9/h4-5,7,14H,3,6,8H2,1-2H3,(H,17,18). The maximum atomic E-state index is 11.3. The molecule has 2 aromatic rings. The number of thiophene rings is 1. The molecule has 0 aromatic carbocycles. The highest BCUT2D eigenvalue weighted by molar-refractivity contribution is 7.13. The first-order valence-corrected chi connectivity index (χ1v) is 7.28. The van der Waals surface area contributed by atoms with E-state index in [1.807, 2.05) is 24.4 Å². The number of hydrogen-bond donors (Lipinski definition) is 2. The van der Waals surface area contributed by atoms with Gasteiger partial charge in [0.05, 0.1) is 11.4 Å². The van der Waals surface area contributed by atoms with Gasteiger partial charge >= 0.3 is 5.97 Å². The molecule has 0 amide bonds. The molecular weight excluding hydrogens is 278 g/mol. The van der Waals surface area contributed by atoms with E-state index in [2.05, 4.69) is 15.5 Å². The molecule has 20 heavy (non-hydrogen) atoms. The minimum Gasteiger partial charge on any atom is -0.480 e. The van der Waals surface area contributed by atoms with E-state index in [0.717, 1.165) is 11.3 Å². The van der Waals surface area contributed by atoms with E-state index in [1.54, 1.807) is 6.92 Å². The number of carboxylic acid groups (broad SMARTS) is 1. The number of rotatable bonds is 7. The number of hydrogen-bond acceptors (Lipinski definition) is 6. The fourth-order valence-electron chi connectivity index (χ4n) is 1.87. The van der Waals surface area contributed by atoms with Crippen molar-refractivity contribution in [1.29, 1.82) is 0 Å². The van der Waals surface area contributed by atoms with Crippen LogP contribution in [0.2, 0.25) is 0 Å². The minimum atomic E-state index is -0.974. The maximum Gasteiger partial charge on any atom is 0.323 e. The van der Waals surface area contributed by atoms with E-state index < -0.39 is 11.5 Å². The molecule has 0 aliphatic heterocycles. The Bertz CT molecular complexity index is 567. The van der Waals surface area contributed by atoms with E-state index in [1.165, 1.54) is 11.3 Å². The number of nitrogens with zero attached hydrogens (tertiary/aromatic N) is 2. The predicted octanol–water partition coefficient (Wildman–Crippen LogP) is 2.53. The molecule has 1 unspecified atom stereocenters. The summed E-state index contributed by atoms with van der Waals surface area (Å²) in [5, 5.41) is 18.1. The Hall–Kier alpha value is -1.73. The van der Waals surface area contributed by atoms with Gasteiger partial charge in [-0.25, -0.2) is 0 Å². The quantitative estimate of drug-likeness (QED) is 0.816. The van der Waals surface area contributed by atoms with Crippen molar-refractivity contribution in [3.05, 3.63) is 23.3 Å². The summed E-state index contributed by atoms with van der Waals surface area (Å²) in [5.74, 6) is 0.0441. The van der Waals surface area contributed by atoms with Crippen molar-refractivity contribution < 1.29 is 14.4 Å². The van der Waals surface area contributed by atoms with Crippen LogP contribution in [0, 0.1) is 0 Å². The zero-order valence-electron chi connectivity index (χ0n) is 11.4. The second-order valence-corrected chi connectivity index (χ2v) is 5.68. The molecule has 0 spiro atoms. The molecule has 0 aliphatic rings. The smallest absolute Gasteiger partial charge is 0.323 e. The van der Waals surface area contributed by atoms with Crippen LogP contribution in [0.1, 0.15) is 32.5 Å². The third-order valence-electron chi connectivity index (χ3n) is 3.06. The number of carboxylic acids is 1. The van der Waals surface area contributed by atoms with Gasteiger partial charge in [-0.15, -0.1) is 11.3 Å². The second kappa shape index (κ2) is 6.15. The first kappa shape index (κ1) is 14.7. The van der Waals surface area contributed by atoms with Crippen molar-refractivity contribution in [2.24, 2.45) is 0 Å². The zero-order chi connectivity index (χ0) is 14.6. The number of carbonyl (C=O) groups is 1. The van der Waals surface area contributed by atoms with Crippen molar-refractivity contribution in [1.82, 2.24) is 15.5 Å². The summed E-state index contributed by atoms with van der Waals surface area (Å²) >= 11 is 1.52. The highest BCUT2D eigenvalue weighted by atomic mass is 32.1. The molecule has 0 bridgehead atoms. The monoisotopic (exact) mass is 295 g/mol. The molecule has 2 rings (SSSR count). The molecule has 2 N–H and O–H groups in total. The van der Waals surface area contributed by atoms with Crippen LogP contribution < -0.4 is 5.32 Å². The van der Waals surface area contributed by atoms with Crippen molar-refractivity contribution in [3.63, 3.8) is 0 Å². The van der Waals surface area contributed by atoms with Gasteiger partial charge in [0.15, 0.2) is 5.82 Å². The molecule has 0 fully saturated rings. The highest BCUT2D eigenvalue weighted by Crippen LogP contribution is 2.22. The van der Waals surface area contributed by atoms with Gasteiger partial charge in [0.25, 0.3) is 5.89 Å². The topological polar surface area (TPSA) is 88.3 Å². The first-order chi connectivity index (χ1) is 9.55. The van der Waals surface area contributed by atoms with Gasteiger partial charge in [-0.05, 0) is 24.8 Å². The van der Waals surface area contributed by atoms with Gasteiger partial charge in [0.2, 0.25) is 0 Å². The fraction of sp³-hybridized carbons (Fsp3) is 0.462. The summed E-state index contributed by atoms with van der Waals surface area (Å²) in [5.41, 5.74) is -0.974. The Morgan fingerprint density at radius 1 is 1.60 bits per heavy atom. The van der Waals surface area contributed by atoms with Crippen molar-refractivity contribution in [2.45, 2.75) is 38.8 Å². The van der Waals surface area contributed by atoms with Crippen LogP contribution in [0.15, 0.2) is 22.0 Å². The summed E-state index contributed by atoms with van der Waals surface area (Å²) in [4.78, 5) is 16.5. The molecule has 7 heteroatoms. The lowest BCUT2D eigenvalue weighted by Gasteiger charge is -2.24. The summed E-state index contributed by atoms with van der Waals surface area (Å²) in [6.45, 7) is 3.88. The Labute approximate surface area is 120 Å². The van der Waals surface area contributed by atoms with Crippen molar-refractivity contribution in [3.8, 4) is 10.8 Å². The van der Waals surface area contributed by atoms with Crippen LogP contribution in [-0.4, -0.2) is 26.8 Å². The van der Waals surface area contributed by atoms with Crippen LogP contribution in [0.25, 0.3) is 10.8 Å². The summed E-state index contributed by atoms with van der Waals surface area (Å²) in [6.07, 6.45) is 1.32. The zero-order valence-corrected chi connectivity index (χ0v) is 12.2. The first-order valence-electron chi connectivity index (χ1n) is 6.40. The lowest BCUT2D eigenvalue weighted by Crippen LogP contribution is -2.49. The van der Waals surface area contributed by atoms with E-state index in [4.69, 9.17) is 4.52 Å². The van der Waals surface area contributed by atoms with Gasteiger partial charge in [-0.1, -0.05) is 24.6 Å². The third-order valence-corrected chi connectivity index (χ3v) is 3.92.